The molecule has 0 aliphatic heterocycles. The summed E-state index contributed by atoms with van der Waals surface area (Å²) >= 11 is 0. The van der Waals surface area contributed by atoms with Crippen LogP contribution in [0.4, 0.5) is 0 Å². The Morgan fingerprint density at radius 2 is 1.73 bits per heavy atom. The van der Waals surface area contributed by atoms with Crippen molar-refractivity contribution in [2.24, 2.45) is 5.41 Å². The van der Waals surface area contributed by atoms with Crippen molar-refractivity contribution in [2.45, 2.75) is 27.7 Å². The van der Waals surface area contributed by atoms with E-state index >= 15 is 0 Å². The van der Waals surface area contributed by atoms with Crippen LogP contribution in [0.15, 0.2) is 12.1 Å². The standard InChI is InChI=1S/C12H16O3/c1-7-5-8(13)6-9(14)10(7)11(15)12(2,3)4/h5-6,13-14H,1-4H3. The van der Waals surface area contributed by atoms with E-state index in [9.17, 15) is 15.0 Å². The monoisotopic (exact) mass is 208 g/mol. The van der Waals surface area contributed by atoms with Crippen LogP contribution in [0.3, 0.4) is 0 Å². The van der Waals surface area contributed by atoms with Gasteiger partial charge in [-0.3, -0.25) is 4.79 Å². The Labute approximate surface area is 89.4 Å². The lowest BCUT2D eigenvalue weighted by Crippen LogP contribution is -2.21. The lowest BCUT2D eigenvalue weighted by molar-refractivity contribution is 0.0854. The molecule has 0 heterocycles. The highest BCUT2D eigenvalue weighted by molar-refractivity contribution is 6.03. The first-order valence-electron chi connectivity index (χ1n) is 4.81. The number of hydrogen-bond acceptors (Lipinski definition) is 3. The Hall–Kier alpha value is -1.51. The van der Waals surface area contributed by atoms with Gasteiger partial charge in [0, 0.05) is 11.5 Å². The van der Waals surface area contributed by atoms with Gasteiger partial charge in [0.2, 0.25) is 0 Å². The molecule has 0 unspecified atom stereocenters. The number of benzene rings is 1. The average molecular weight is 208 g/mol. The van der Waals surface area contributed by atoms with Crippen molar-refractivity contribution in [3.05, 3.63) is 23.3 Å². The highest BCUT2D eigenvalue weighted by Crippen LogP contribution is 2.32. The van der Waals surface area contributed by atoms with Crippen molar-refractivity contribution in [3.8, 4) is 11.5 Å². The minimum absolute atomic E-state index is 0.0320. The summed E-state index contributed by atoms with van der Waals surface area (Å²) in [6, 6.07) is 2.66. The van der Waals surface area contributed by atoms with Crippen LogP contribution in [-0.2, 0) is 0 Å². The molecule has 0 saturated heterocycles. The predicted molar refractivity (Wildman–Crippen MR) is 58.3 cm³/mol. The molecule has 0 amide bonds. The summed E-state index contributed by atoms with van der Waals surface area (Å²) in [5, 5.41) is 18.9. The molecule has 3 heteroatoms. The van der Waals surface area contributed by atoms with Gasteiger partial charge in [0.25, 0.3) is 0 Å². The third kappa shape index (κ3) is 2.29. The summed E-state index contributed by atoms with van der Waals surface area (Å²) in [6.07, 6.45) is 0. The second-order valence-corrected chi connectivity index (χ2v) is 4.74. The molecule has 0 saturated carbocycles. The molecule has 0 aliphatic rings. The summed E-state index contributed by atoms with van der Waals surface area (Å²) < 4.78 is 0. The number of Topliss-reactive ketones (excluding diaryl/α,β-unsaturated/α-hetero) is 1. The Kier molecular flexibility index (Phi) is 2.75. The maximum absolute atomic E-state index is 12.0. The van der Waals surface area contributed by atoms with Crippen molar-refractivity contribution < 1.29 is 15.0 Å². The van der Waals surface area contributed by atoms with E-state index in [0.717, 1.165) is 0 Å². The van der Waals surface area contributed by atoms with Crippen LogP contribution >= 0.6 is 0 Å². The lowest BCUT2D eigenvalue weighted by Gasteiger charge is -2.19. The van der Waals surface area contributed by atoms with Gasteiger partial charge in [-0.1, -0.05) is 20.8 Å². The summed E-state index contributed by atoms with van der Waals surface area (Å²) in [4.78, 5) is 12.0. The topological polar surface area (TPSA) is 57.5 Å². The molecular formula is C12H16O3. The van der Waals surface area contributed by atoms with Crippen molar-refractivity contribution in [1.82, 2.24) is 0 Å². The second-order valence-electron chi connectivity index (χ2n) is 4.74. The first-order valence-corrected chi connectivity index (χ1v) is 4.81. The van der Waals surface area contributed by atoms with Crippen LogP contribution in [0.2, 0.25) is 0 Å². The van der Waals surface area contributed by atoms with Gasteiger partial charge in [-0.25, -0.2) is 0 Å². The number of ketones is 1. The third-order valence-electron chi connectivity index (χ3n) is 2.21. The summed E-state index contributed by atoms with van der Waals surface area (Å²) in [5.74, 6) is -0.319. The first-order chi connectivity index (χ1) is 6.73. The van der Waals surface area contributed by atoms with Gasteiger partial charge in [-0.15, -0.1) is 0 Å². The Bertz CT molecular complexity index is 377. The van der Waals surface area contributed by atoms with Crippen molar-refractivity contribution in [2.75, 3.05) is 0 Å². The molecule has 15 heavy (non-hydrogen) atoms. The lowest BCUT2D eigenvalue weighted by atomic mass is 9.84. The molecule has 0 fully saturated rings. The van der Waals surface area contributed by atoms with Crippen LogP contribution in [0.5, 0.6) is 11.5 Å². The Balaban J connectivity index is 3.33. The molecule has 0 bridgehead atoms. The number of aromatic hydroxyl groups is 2. The fourth-order valence-electron chi connectivity index (χ4n) is 1.42. The highest BCUT2D eigenvalue weighted by Gasteiger charge is 2.27. The molecule has 82 valence electrons. The zero-order valence-electron chi connectivity index (χ0n) is 9.46. The quantitative estimate of drug-likeness (QED) is 0.697. The summed E-state index contributed by atoms with van der Waals surface area (Å²) in [7, 11) is 0. The van der Waals surface area contributed by atoms with Gasteiger partial charge in [0.05, 0.1) is 5.56 Å². The van der Waals surface area contributed by atoms with Crippen LogP contribution in [0.1, 0.15) is 36.7 Å². The maximum Gasteiger partial charge on any atom is 0.172 e. The normalized spacial score (nSPS) is 11.5. The predicted octanol–water partition coefficient (Wildman–Crippen LogP) is 2.64. The van der Waals surface area contributed by atoms with Crippen LogP contribution in [0.25, 0.3) is 0 Å². The minimum atomic E-state index is -0.542. The largest absolute Gasteiger partial charge is 0.508 e. The summed E-state index contributed by atoms with van der Waals surface area (Å²) in [6.45, 7) is 7.07. The third-order valence-corrected chi connectivity index (χ3v) is 2.21. The van der Waals surface area contributed by atoms with Gasteiger partial charge in [-0.05, 0) is 18.6 Å². The van der Waals surface area contributed by atoms with Crippen LogP contribution < -0.4 is 0 Å². The fourth-order valence-corrected chi connectivity index (χ4v) is 1.42. The molecule has 0 atom stereocenters. The number of phenols is 2. The van der Waals surface area contributed by atoms with E-state index in [2.05, 4.69) is 0 Å². The SMILES string of the molecule is Cc1cc(O)cc(O)c1C(=O)C(C)(C)C. The molecule has 1 rings (SSSR count). The highest BCUT2D eigenvalue weighted by atomic mass is 16.3. The first kappa shape index (κ1) is 11.6. The molecule has 1 aromatic rings. The van der Waals surface area contributed by atoms with Crippen LogP contribution in [-0.4, -0.2) is 16.0 Å². The molecule has 0 spiro atoms. The van der Waals surface area contributed by atoms with Crippen molar-refractivity contribution in [1.29, 1.82) is 0 Å². The Morgan fingerprint density at radius 3 is 2.13 bits per heavy atom. The zero-order valence-corrected chi connectivity index (χ0v) is 9.46. The molecule has 1 aromatic carbocycles. The number of rotatable bonds is 1. The van der Waals surface area contributed by atoms with Gasteiger partial charge in [0.15, 0.2) is 5.78 Å². The number of carbonyl (C=O) groups is 1. The van der Waals surface area contributed by atoms with E-state index in [1.54, 1.807) is 27.7 Å². The minimum Gasteiger partial charge on any atom is -0.508 e. The molecule has 0 aromatic heterocycles. The molecule has 2 N–H and O–H groups in total. The number of carbonyl (C=O) groups excluding carboxylic acids is 1. The van der Waals surface area contributed by atoms with Gasteiger partial charge < -0.3 is 10.2 Å². The van der Waals surface area contributed by atoms with Gasteiger partial charge >= 0.3 is 0 Å². The number of aryl methyl sites for hydroxylation is 1. The molecule has 0 radical (unpaired) electrons. The van der Waals surface area contributed by atoms with E-state index < -0.39 is 5.41 Å². The van der Waals surface area contributed by atoms with E-state index in [0.29, 0.717) is 11.1 Å². The van der Waals surface area contributed by atoms with E-state index in [1.807, 2.05) is 0 Å². The van der Waals surface area contributed by atoms with E-state index in [-0.39, 0.29) is 17.3 Å². The fraction of sp³-hybridized carbons (Fsp3) is 0.417. The van der Waals surface area contributed by atoms with Gasteiger partial charge in [-0.2, -0.15) is 0 Å². The van der Waals surface area contributed by atoms with Crippen LogP contribution in [0, 0.1) is 12.3 Å². The van der Waals surface area contributed by atoms with E-state index in [1.165, 1.54) is 12.1 Å². The van der Waals surface area contributed by atoms with Crippen molar-refractivity contribution >= 4 is 5.78 Å². The second kappa shape index (κ2) is 3.57. The number of hydrogen-bond donors (Lipinski definition) is 2. The zero-order chi connectivity index (χ0) is 11.8. The van der Waals surface area contributed by atoms with E-state index in [4.69, 9.17) is 0 Å². The average Bonchev–Trinajstić information content (AvgIpc) is 1.99. The smallest absolute Gasteiger partial charge is 0.172 e. The Morgan fingerprint density at radius 1 is 1.20 bits per heavy atom. The maximum atomic E-state index is 12.0. The molecule has 3 nitrogen and oxygen atoms in total. The number of phenolic OH excluding ortho intramolecular Hbond substituents is 2. The van der Waals surface area contributed by atoms with Gasteiger partial charge in [0.1, 0.15) is 11.5 Å². The molecule has 0 aliphatic carbocycles. The summed E-state index contributed by atoms with van der Waals surface area (Å²) in [5.41, 5.74) is 0.340. The molecular weight excluding hydrogens is 192 g/mol. The van der Waals surface area contributed by atoms with Crippen molar-refractivity contribution in [3.63, 3.8) is 0 Å².